The van der Waals surface area contributed by atoms with Crippen LogP contribution in [0.5, 0.6) is 0 Å². The van der Waals surface area contributed by atoms with Crippen molar-refractivity contribution >= 4 is 5.97 Å². The zero-order valence-electron chi connectivity index (χ0n) is 9.04. The number of aliphatic carboxylic acids is 1. The molecule has 0 fully saturated rings. The van der Waals surface area contributed by atoms with Crippen LogP contribution in [0.2, 0.25) is 0 Å². The van der Waals surface area contributed by atoms with Crippen LogP contribution in [0.4, 0.5) is 0 Å². The van der Waals surface area contributed by atoms with E-state index in [0.29, 0.717) is 5.56 Å². The summed E-state index contributed by atoms with van der Waals surface area (Å²) in [7, 11) is 0. The summed E-state index contributed by atoms with van der Waals surface area (Å²) in [6, 6.07) is 12.0. The van der Waals surface area contributed by atoms with Crippen LogP contribution in [0.15, 0.2) is 53.5 Å². The summed E-state index contributed by atoms with van der Waals surface area (Å²) in [6.45, 7) is 0. The van der Waals surface area contributed by atoms with E-state index < -0.39 is 5.97 Å². The molecule has 0 saturated heterocycles. The van der Waals surface area contributed by atoms with Gasteiger partial charge in [0.15, 0.2) is 0 Å². The molecule has 0 radical (unpaired) electrons. The first kappa shape index (κ1) is 11.1. The summed E-state index contributed by atoms with van der Waals surface area (Å²) in [5.74, 6) is -0.914. The lowest BCUT2D eigenvalue weighted by Crippen LogP contribution is -2.17. The zero-order chi connectivity index (χ0) is 12.3. The zero-order valence-corrected chi connectivity index (χ0v) is 9.04. The molecule has 4 nitrogen and oxygen atoms in total. The van der Waals surface area contributed by atoms with E-state index in [1.165, 1.54) is 16.7 Å². The predicted molar refractivity (Wildman–Crippen MR) is 63.4 cm³/mol. The molecule has 2 rings (SSSR count). The Labute approximate surface area is 97.8 Å². The Morgan fingerprint density at radius 3 is 2.47 bits per heavy atom. The molecular formula is C13H11NO3. The van der Waals surface area contributed by atoms with Crippen LogP contribution in [-0.4, -0.2) is 15.6 Å². The number of nitrogens with zero attached hydrogens (tertiary/aromatic N) is 1. The van der Waals surface area contributed by atoms with E-state index in [-0.39, 0.29) is 12.0 Å². The lowest BCUT2D eigenvalue weighted by Gasteiger charge is -2.06. The fourth-order valence-electron chi connectivity index (χ4n) is 1.60. The quantitative estimate of drug-likeness (QED) is 0.866. The summed E-state index contributed by atoms with van der Waals surface area (Å²) in [4.78, 5) is 22.3. The Bertz CT molecular complexity index is 587. The number of hydrogen-bond donors (Lipinski definition) is 1. The molecule has 0 amide bonds. The van der Waals surface area contributed by atoms with Gasteiger partial charge in [0.05, 0.1) is 6.42 Å². The summed E-state index contributed by atoms with van der Waals surface area (Å²) >= 11 is 0. The van der Waals surface area contributed by atoms with E-state index in [9.17, 15) is 9.59 Å². The molecule has 1 aromatic carbocycles. The summed E-state index contributed by atoms with van der Waals surface area (Å²) in [6.07, 6.45) is 1.47. The van der Waals surface area contributed by atoms with Gasteiger partial charge in [-0.25, -0.2) is 0 Å². The number of carboxylic acid groups (broad SMARTS) is 1. The second kappa shape index (κ2) is 4.65. The third kappa shape index (κ3) is 2.60. The molecule has 17 heavy (non-hydrogen) atoms. The smallest absolute Gasteiger partial charge is 0.307 e. The topological polar surface area (TPSA) is 59.3 Å². The van der Waals surface area contributed by atoms with Crippen LogP contribution < -0.4 is 5.56 Å². The summed E-state index contributed by atoms with van der Waals surface area (Å²) in [5.41, 5.74) is 1.15. The molecule has 86 valence electrons. The molecule has 0 aliphatic carbocycles. The van der Waals surface area contributed by atoms with Gasteiger partial charge in [-0.2, -0.15) is 0 Å². The van der Waals surface area contributed by atoms with Gasteiger partial charge in [-0.3, -0.25) is 14.2 Å². The molecule has 0 saturated carbocycles. The van der Waals surface area contributed by atoms with Crippen molar-refractivity contribution in [3.63, 3.8) is 0 Å². The standard InChI is InChI=1S/C13H11NO3/c15-12-7-6-10(8-13(16)17)9-14(12)11-4-2-1-3-5-11/h1-7,9H,8H2,(H,16,17). The van der Waals surface area contributed by atoms with E-state index in [1.54, 1.807) is 18.3 Å². The van der Waals surface area contributed by atoms with Crippen molar-refractivity contribution in [3.8, 4) is 5.69 Å². The van der Waals surface area contributed by atoms with E-state index in [0.717, 1.165) is 5.69 Å². The fraction of sp³-hybridized carbons (Fsp3) is 0.0769. The van der Waals surface area contributed by atoms with Crippen LogP contribution in [0.1, 0.15) is 5.56 Å². The van der Waals surface area contributed by atoms with E-state index >= 15 is 0 Å². The van der Waals surface area contributed by atoms with Gasteiger partial charge < -0.3 is 5.11 Å². The molecule has 1 N–H and O–H groups in total. The highest BCUT2D eigenvalue weighted by atomic mass is 16.4. The minimum atomic E-state index is -0.914. The van der Waals surface area contributed by atoms with Gasteiger partial charge >= 0.3 is 5.97 Å². The number of carbonyl (C=O) groups is 1. The number of para-hydroxylation sites is 1. The van der Waals surface area contributed by atoms with Gasteiger partial charge in [0.1, 0.15) is 0 Å². The maximum atomic E-state index is 11.7. The van der Waals surface area contributed by atoms with Crippen molar-refractivity contribution in [2.45, 2.75) is 6.42 Å². The highest BCUT2D eigenvalue weighted by Gasteiger charge is 2.04. The number of rotatable bonds is 3. The molecule has 0 aliphatic heterocycles. The lowest BCUT2D eigenvalue weighted by atomic mass is 10.2. The third-order valence-corrected chi connectivity index (χ3v) is 2.36. The molecule has 1 aromatic heterocycles. The molecule has 4 heteroatoms. The summed E-state index contributed by atoms with van der Waals surface area (Å²) < 4.78 is 1.44. The molecular weight excluding hydrogens is 218 g/mol. The molecule has 0 atom stereocenters. The second-order valence-electron chi connectivity index (χ2n) is 3.65. The minimum Gasteiger partial charge on any atom is -0.481 e. The number of benzene rings is 1. The van der Waals surface area contributed by atoms with Gasteiger partial charge in [-0.05, 0) is 17.7 Å². The Hall–Kier alpha value is -2.36. The first-order valence-electron chi connectivity index (χ1n) is 5.15. The Morgan fingerprint density at radius 2 is 1.82 bits per heavy atom. The average Bonchev–Trinajstić information content (AvgIpc) is 2.32. The Balaban J connectivity index is 2.47. The normalized spacial score (nSPS) is 10.1. The number of aromatic nitrogens is 1. The van der Waals surface area contributed by atoms with Crippen molar-refractivity contribution in [1.82, 2.24) is 4.57 Å². The third-order valence-electron chi connectivity index (χ3n) is 2.36. The first-order chi connectivity index (χ1) is 8.16. The van der Waals surface area contributed by atoms with Crippen LogP contribution in [-0.2, 0) is 11.2 Å². The Kier molecular flexibility index (Phi) is 3.05. The van der Waals surface area contributed by atoms with Crippen LogP contribution in [0.3, 0.4) is 0 Å². The van der Waals surface area contributed by atoms with Crippen LogP contribution in [0.25, 0.3) is 5.69 Å². The van der Waals surface area contributed by atoms with Crippen molar-refractivity contribution in [1.29, 1.82) is 0 Å². The minimum absolute atomic E-state index is 0.0902. The molecule has 1 heterocycles. The van der Waals surface area contributed by atoms with Crippen LogP contribution >= 0.6 is 0 Å². The van der Waals surface area contributed by atoms with Crippen molar-refractivity contribution in [3.05, 3.63) is 64.6 Å². The summed E-state index contributed by atoms with van der Waals surface area (Å²) in [5, 5.41) is 8.71. The van der Waals surface area contributed by atoms with Gasteiger partial charge in [-0.1, -0.05) is 24.3 Å². The van der Waals surface area contributed by atoms with E-state index in [1.807, 2.05) is 18.2 Å². The van der Waals surface area contributed by atoms with Crippen LogP contribution in [0, 0.1) is 0 Å². The number of pyridine rings is 1. The fourth-order valence-corrected chi connectivity index (χ4v) is 1.60. The predicted octanol–water partition coefficient (Wildman–Crippen LogP) is 1.46. The number of hydrogen-bond acceptors (Lipinski definition) is 2. The SMILES string of the molecule is O=C(O)Cc1ccc(=O)n(-c2ccccc2)c1. The largest absolute Gasteiger partial charge is 0.481 e. The van der Waals surface area contributed by atoms with E-state index in [4.69, 9.17) is 5.11 Å². The van der Waals surface area contributed by atoms with Gasteiger partial charge in [0, 0.05) is 18.0 Å². The maximum absolute atomic E-state index is 11.7. The second-order valence-corrected chi connectivity index (χ2v) is 3.65. The molecule has 0 spiro atoms. The Morgan fingerprint density at radius 1 is 1.12 bits per heavy atom. The van der Waals surface area contributed by atoms with Gasteiger partial charge in [0.2, 0.25) is 0 Å². The van der Waals surface area contributed by atoms with Crippen molar-refractivity contribution in [2.75, 3.05) is 0 Å². The first-order valence-corrected chi connectivity index (χ1v) is 5.15. The van der Waals surface area contributed by atoms with Crippen molar-refractivity contribution < 1.29 is 9.90 Å². The van der Waals surface area contributed by atoms with Gasteiger partial charge in [-0.15, -0.1) is 0 Å². The lowest BCUT2D eigenvalue weighted by molar-refractivity contribution is -0.136. The molecule has 0 aliphatic rings. The molecule has 2 aromatic rings. The highest BCUT2D eigenvalue weighted by molar-refractivity contribution is 5.70. The maximum Gasteiger partial charge on any atom is 0.307 e. The molecule has 0 bridgehead atoms. The monoisotopic (exact) mass is 229 g/mol. The van der Waals surface area contributed by atoms with E-state index in [2.05, 4.69) is 0 Å². The van der Waals surface area contributed by atoms with Gasteiger partial charge in [0.25, 0.3) is 5.56 Å². The average molecular weight is 229 g/mol. The number of carboxylic acids is 1. The molecule has 0 unspecified atom stereocenters. The highest BCUT2D eigenvalue weighted by Crippen LogP contribution is 2.06. The van der Waals surface area contributed by atoms with Crippen molar-refractivity contribution in [2.24, 2.45) is 0 Å².